The molecule has 2 aliphatic rings. The molecule has 0 unspecified atom stereocenters. The number of anilines is 3. The van der Waals surface area contributed by atoms with Crippen LogP contribution < -0.4 is 9.80 Å². The Labute approximate surface area is 135 Å². The van der Waals surface area contributed by atoms with Crippen molar-refractivity contribution in [2.24, 2.45) is 0 Å². The van der Waals surface area contributed by atoms with Gasteiger partial charge in [0.05, 0.1) is 23.1 Å². The molecule has 118 valence electrons. The number of aromatic nitrogens is 2. The van der Waals surface area contributed by atoms with Crippen LogP contribution in [-0.4, -0.2) is 28.7 Å². The molecule has 1 aromatic carbocycles. The molecule has 1 aliphatic heterocycles. The molecule has 1 aliphatic carbocycles. The normalized spacial score (nSPS) is 16.9. The molecule has 5 nitrogen and oxygen atoms in total. The minimum atomic E-state index is 0.0201. The van der Waals surface area contributed by atoms with Crippen LogP contribution in [0.5, 0.6) is 0 Å². The molecule has 0 bridgehead atoms. The lowest BCUT2D eigenvalue weighted by Gasteiger charge is -2.26. The van der Waals surface area contributed by atoms with Crippen molar-refractivity contribution < 1.29 is 4.79 Å². The molecule has 23 heavy (non-hydrogen) atoms. The van der Waals surface area contributed by atoms with Crippen LogP contribution in [0.25, 0.3) is 0 Å². The quantitative estimate of drug-likeness (QED) is 0.871. The topological polar surface area (TPSA) is 49.3 Å². The summed E-state index contributed by atoms with van der Waals surface area (Å²) in [5, 5.41) is 8.35. The fraction of sp³-hybridized carbons (Fsp3) is 0.389. The summed E-state index contributed by atoms with van der Waals surface area (Å²) in [6, 6.07) is 8.53. The Morgan fingerprint density at radius 2 is 2.04 bits per heavy atom. The molecule has 0 radical (unpaired) electrons. The third-order valence-electron chi connectivity index (χ3n) is 4.45. The van der Waals surface area contributed by atoms with E-state index in [2.05, 4.69) is 47.1 Å². The van der Waals surface area contributed by atoms with E-state index in [0.717, 1.165) is 36.2 Å². The number of rotatable bonds is 3. The smallest absolute Gasteiger partial charge is 0.262 e. The molecule has 1 fully saturated rings. The molecular weight excluding hydrogens is 288 g/mol. The van der Waals surface area contributed by atoms with E-state index in [1.165, 1.54) is 0 Å². The maximum absolute atomic E-state index is 13.1. The van der Waals surface area contributed by atoms with Crippen LogP contribution in [0.4, 0.5) is 17.2 Å². The van der Waals surface area contributed by atoms with Crippen molar-refractivity contribution >= 4 is 23.1 Å². The van der Waals surface area contributed by atoms with Gasteiger partial charge in [-0.3, -0.25) is 4.79 Å². The second-order valence-electron chi connectivity index (χ2n) is 6.32. The molecule has 2 aromatic rings. The maximum atomic E-state index is 13.1. The molecule has 1 amide bonds. The Morgan fingerprint density at radius 3 is 2.78 bits per heavy atom. The molecule has 0 spiro atoms. The van der Waals surface area contributed by atoms with Gasteiger partial charge in [-0.05, 0) is 49.9 Å². The van der Waals surface area contributed by atoms with Gasteiger partial charge in [0.2, 0.25) is 0 Å². The summed E-state index contributed by atoms with van der Waals surface area (Å²) in [5.41, 5.74) is 3.86. The molecule has 0 saturated heterocycles. The van der Waals surface area contributed by atoms with E-state index in [-0.39, 0.29) is 5.91 Å². The SMILES string of the molecule is CCCN1C(=O)c2ccnnc2N(C2CC2)c2ccc(C)cc21. The molecule has 2 heterocycles. The molecule has 1 aromatic heterocycles. The highest BCUT2D eigenvalue weighted by atomic mass is 16.2. The van der Waals surface area contributed by atoms with Crippen LogP contribution >= 0.6 is 0 Å². The monoisotopic (exact) mass is 308 g/mol. The molecule has 0 atom stereocenters. The first-order valence-corrected chi connectivity index (χ1v) is 8.24. The third-order valence-corrected chi connectivity index (χ3v) is 4.45. The summed E-state index contributed by atoms with van der Waals surface area (Å²) in [7, 11) is 0. The highest BCUT2D eigenvalue weighted by Gasteiger charge is 2.39. The van der Waals surface area contributed by atoms with Gasteiger partial charge in [-0.1, -0.05) is 13.0 Å². The number of carbonyl (C=O) groups is 1. The Bertz CT molecular complexity index is 769. The van der Waals surface area contributed by atoms with E-state index in [4.69, 9.17) is 0 Å². The van der Waals surface area contributed by atoms with E-state index < -0.39 is 0 Å². The van der Waals surface area contributed by atoms with E-state index in [1.54, 1.807) is 12.3 Å². The van der Waals surface area contributed by atoms with Crippen molar-refractivity contribution in [1.82, 2.24) is 10.2 Å². The summed E-state index contributed by atoms with van der Waals surface area (Å²) in [6.45, 7) is 4.86. The highest BCUT2D eigenvalue weighted by Crippen LogP contribution is 2.45. The van der Waals surface area contributed by atoms with Crippen molar-refractivity contribution in [1.29, 1.82) is 0 Å². The van der Waals surface area contributed by atoms with Gasteiger partial charge in [-0.2, -0.15) is 5.10 Å². The summed E-state index contributed by atoms with van der Waals surface area (Å²) < 4.78 is 0. The average molecular weight is 308 g/mol. The van der Waals surface area contributed by atoms with Crippen LogP contribution in [-0.2, 0) is 0 Å². The first-order valence-electron chi connectivity index (χ1n) is 8.24. The summed E-state index contributed by atoms with van der Waals surface area (Å²) >= 11 is 0. The van der Waals surface area contributed by atoms with E-state index in [0.29, 0.717) is 24.0 Å². The largest absolute Gasteiger partial charge is 0.319 e. The first kappa shape index (κ1) is 14.2. The van der Waals surface area contributed by atoms with Crippen molar-refractivity contribution in [2.75, 3.05) is 16.3 Å². The number of hydrogen-bond donors (Lipinski definition) is 0. The number of carbonyl (C=O) groups excluding carboxylic acids is 1. The van der Waals surface area contributed by atoms with Crippen LogP contribution in [0.15, 0.2) is 30.5 Å². The standard InChI is InChI=1S/C18H20N4O/c1-3-10-21-16-11-12(2)4-7-15(16)22(13-5-6-13)17-14(18(21)23)8-9-19-20-17/h4,7-9,11,13H,3,5-6,10H2,1-2H3. The maximum Gasteiger partial charge on any atom is 0.262 e. The van der Waals surface area contributed by atoms with Crippen molar-refractivity contribution in [3.8, 4) is 0 Å². The number of benzene rings is 1. The second-order valence-corrected chi connectivity index (χ2v) is 6.32. The highest BCUT2D eigenvalue weighted by molar-refractivity contribution is 6.13. The molecular formula is C18H20N4O. The van der Waals surface area contributed by atoms with Crippen molar-refractivity contribution in [3.05, 3.63) is 41.6 Å². The number of fused-ring (bicyclic) bond motifs is 2. The molecule has 0 N–H and O–H groups in total. The van der Waals surface area contributed by atoms with Crippen LogP contribution in [0.3, 0.4) is 0 Å². The Hall–Kier alpha value is -2.43. The van der Waals surface area contributed by atoms with Crippen molar-refractivity contribution in [3.63, 3.8) is 0 Å². The predicted octanol–water partition coefficient (Wildman–Crippen LogP) is 3.46. The number of amides is 1. The van der Waals surface area contributed by atoms with Gasteiger partial charge in [-0.15, -0.1) is 5.10 Å². The first-order chi connectivity index (χ1) is 11.2. The fourth-order valence-electron chi connectivity index (χ4n) is 3.24. The minimum absolute atomic E-state index is 0.0201. The van der Waals surface area contributed by atoms with Gasteiger partial charge in [-0.25, -0.2) is 0 Å². The number of nitrogens with zero attached hydrogens (tertiary/aromatic N) is 4. The summed E-state index contributed by atoms with van der Waals surface area (Å²) in [5.74, 6) is 0.718. The Kier molecular flexibility index (Phi) is 3.29. The minimum Gasteiger partial charge on any atom is -0.319 e. The molecule has 4 rings (SSSR count). The van der Waals surface area contributed by atoms with Gasteiger partial charge in [0.25, 0.3) is 5.91 Å². The number of aryl methyl sites for hydroxylation is 1. The second kappa shape index (κ2) is 5.33. The molecule has 5 heteroatoms. The van der Waals surface area contributed by atoms with Gasteiger partial charge in [0.15, 0.2) is 5.82 Å². The zero-order valence-electron chi connectivity index (χ0n) is 13.5. The van der Waals surface area contributed by atoms with E-state index in [1.807, 2.05) is 4.90 Å². The Morgan fingerprint density at radius 1 is 1.22 bits per heavy atom. The lowest BCUT2D eigenvalue weighted by atomic mass is 10.1. The van der Waals surface area contributed by atoms with E-state index >= 15 is 0 Å². The lowest BCUT2D eigenvalue weighted by Crippen LogP contribution is -2.31. The molecule has 1 saturated carbocycles. The third kappa shape index (κ3) is 2.27. The van der Waals surface area contributed by atoms with Gasteiger partial charge < -0.3 is 9.80 Å². The van der Waals surface area contributed by atoms with E-state index in [9.17, 15) is 4.79 Å². The van der Waals surface area contributed by atoms with Crippen molar-refractivity contribution in [2.45, 2.75) is 39.2 Å². The van der Waals surface area contributed by atoms with Crippen LogP contribution in [0.1, 0.15) is 42.1 Å². The van der Waals surface area contributed by atoms with Gasteiger partial charge in [0.1, 0.15) is 0 Å². The van der Waals surface area contributed by atoms with Gasteiger partial charge in [0, 0.05) is 12.6 Å². The summed E-state index contributed by atoms with van der Waals surface area (Å²) in [6.07, 6.45) is 4.78. The summed E-state index contributed by atoms with van der Waals surface area (Å²) in [4.78, 5) is 17.2. The van der Waals surface area contributed by atoms with Crippen LogP contribution in [0, 0.1) is 6.92 Å². The number of hydrogen-bond acceptors (Lipinski definition) is 4. The Balaban J connectivity index is 1.98. The zero-order chi connectivity index (χ0) is 16.0. The predicted molar refractivity (Wildman–Crippen MR) is 90.3 cm³/mol. The lowest BCUT2D eigenvalue weighted by molar-refractivity contribution is 0.0988. The average Bonchev–Trinajstić information content (AvgIpc) is 3.39. The van der Waals surface area contributed by atoms with Gasteiger partial charge >= 0.3 is 0 Å². The zero-order valence-corrected chi connectivity index (χ0v) is 13.5. The fourth-order valence-corrected chi connectivity index (χ4v) is 3.24. The van der Waals surface area contributed by atoms with Crippen LogP contribution in [0.2, 0.25) is 0 Å².